The van der Waals surface area contributed by atoms with Crippen molar-refractivity contribution in [2.24, 2.45) is 5.92 Å². The van der Waals surface area contributed by atoms with Crippen molar-refractivity contribution in [1.29, 1.82) is 0 Å². The summed E-state index contributed by atoms with van der Waals surface area (Å²) in [6.07, 6.45) is 2.16. The number of rotatable bonds is 4. The maximum absolute atomic E-state index is 12.7. The highest BCUT2D eigenvalue weighted by molar-refractivity contribution is 5.83. The zero-order valence-corrected chi connectivity index (χ0v) is 13.8. The van der Waals surface area contributed by atoms with E-state index >= 15 is 0 Å². The largest absolute Gasteiger partial charge is 0.469 e. The van der Waals surface area contributed by atoms with Crippen LogP contribution in [0.25, 0.3) is 0 Å². The Morgan fingerprint density at radius 3 is 2.96 bits per heavy atom. The lowest BCUT2D eigenvalue weighted by Crippen LogP contribution is -2.43. The highest BCUT2D eigenvalue weighted by Crippen LogP contribution is 2.48. The topological polar surface area (TPSA) is 81.6 Å². The van der Waals surface area contributed by atoms with Crippen molar-refractivity contribution in [3.63, 3.8) is 0 Å². The predicted octanol–water partition coefficient (Wildman–Crippen LogP) is 2.49. The molecule has 0 spiro atoms. The fraction of sp³-hybridized carbons (Fsp3) is 0.588. The third-order valence-electron chi connectivity index (χ3n) is 4.62. The molecule has 2 aromatic rings. The molecule has 7 heteroatoms. The van der Waals surface area contributed by atoms with Gasteiger partial charge < -0.3 is 18.5 Å². The van der Waals surface area contributed by atoms with Crippen molar-refractivity contribution in [3.8, 4) is 0 Å². The summed E-state index contributed by atoms with van der Waals surface area (Å²) in [5.41, 5.74) is 0. The van der Waals surface area contributed by atoms with Gasteiger partial charge in [-0.25, -0.2) is 0 Å². The van der Waals surface area contributed by atoms with E-state index in [-0.39, 0.29) is 29.8 Å². The van der Waals surface area contributed by atoms with Gasteiger partial charge in [0.1, 0.15) is 5.76 Å². The fourth-order valence-electron chi connectivity index (χ4n) is 3.13. The molecule has 7 nitrogen and oxygen atoms in total. The first kappa shape index (κ1) is 15.4. The third kappa shape index (κ3) is 2.84. The number of morpholine rings is 1. The number of ether oxygens (including phenoxy) is 1. The van der Waals surface area contributed by atoms with Crippen LogP contribution in [0.5, 0.6) is 0 Å². The Bertz CT molecular complexity index is 709. The molecule has 4 rings (SSSR count). The summed E-state index contributed by atoms with van der Waals surface area (Å²) in [6.45, 7) is 5.53. The van der Waals surface area contributed by atoms with E-state index in [0.29, 0.717) is 31.5 Å². The molecule has 1 saturated carbocycles. The van der Waals surface area contributed by atoms with Crippen LogP contribution in [0.15, 0.2) is 27.2 Å². The molecule has 24 heavy (non-hydrogen) atoms. The van der Waals surface area contributed by atoms with E-state index in [1.807, 2.05) is 30.9 Å². The second-order valence-electron chi connectivity index (χ2n) is 6.74. The van der Waals surface area contributed by atoms with Crippen LogP contribution in [-0.4, -0.2) is 40.7 Å². The molecule has 0 radical (unpaired) electrons. The fourth-order valence-corrected chi connectivity index (χ4v) is 3.13. The molecule has 3 heterocycles. The Morgan fingerprint density at radius 1 is 1.38 bits per heavy atom. The molecular formula is C17H21N3O4. The van der Waals surface area contributed by atoms with Crippen molar-refractivity contribution in [3.05, 3.63) is 35.9 Å². The number of carbonyl (C=O) groups excluding carboxylic acids is 1. The second-order valence-corrected chi connectivity index (χ2v) is 6.74. The molecule has 1 aliphatic carbocycles. The second kappa shape index (κ2) is 6.05. The summed E-state index contributed by atoms with van der Waals surface area (Å²) in [4.78, 5) is 14.6. The van der Waals surface area contributed by atoms with Crippen LogP contribution in [0.2, 0.25) is 0 Å². The average Bonchev–Trinajstić information content (AvgIpc) is 3.03. The lowest BCUT2D eigenvalue weighted by molar-refractivity contribution is -0.141. The maximum atomic E-state index is 12.7. The van der Waals surface area contributed by atoms with Crippen LogP contribution >= 0.6 is 0 Å². The highest BCUT2D eigenvalue weighted by atomic mass is 16.5. The van der Waals surface area contributed by atoms with Crippen LogP contribution in [0.3, 0.4) is 0 Å². The number of hydrogen-bond donors (Lipinski definition) is 0. The van der Waals surface area contributed by atoms with E-state index in [9.17, 15) is 4.79 Å². The average molecular weight is 331 g/mol. The van der Waals surface area contributed by atoms with Gasteiger partial charge in [-0.15, -0.1) is 10.2 Å². The zero-order valence-electron chi connectivity index (χ0n) is 13.8. The first-order chi connectivity index (χ1) is 11.6. The summed E-state index contributed by atoms with van der Waals surface area (Å²) in [6, 6.07) is 3.80. The minimum atomic E-state index is -0.344. The van der Waals surface area contributed by atoms with Crippen molar-refractivity contribution in [2.75, 3.05) is 19.7 Å². The number of aromatic nitrogens is 2. The van der Waals surface area contributed by atoms with Crippen LogP contribution in [-0.2, 0) is 9.53 Å². The van der Waals surface area contributed by atoms with E-state index in [0.717, 1.165) is 12.2 Å². The lowest BCUT2D eigenvalue weighted by atomic mass is 10.2. The predicted molar refractivity (Wildman–Crippen MR) is 83.2 cm³/mol. The summed E-state index contributed by atoms with van der Waals surface area (Å²) in [5, 5.41) is 8.12. The summed E-state index contributed by atoms with van der Waals surface area (Å²) in [7, 11) is 0. The standard InChI is InChI=1S/C17H21N3O4/c1-10(2)15-18-19-16(24-15)14-9-20(5-7-23-14)17(21)12-8-11(12)13-4-3-6-22-13/h3-4,6,10-12,14H,5,7-9H2,1-2H3/t11-,12-,14-/m0/s1. The molecule has 1 saturated heterocycles. The zero-order chi connectivity index (χ0) is 16.7. The Kier molecular flexibility index (Phi) is 3.88. The molecule has 3 atom stereocenters. The first-order valence-electron chi connectivity index (χ1n) is 8.40. The quantitative estimate of drug-likeness (QED) is 0.856. The molecular weight excluding hydrogens is 310 g/mol. The molecule has 2 aromatic heterocycles. The van der Waals surface area contributed by atoms with Gasteiger partial charge >= 0.3 is 0 Å². The Morgan fingerprint density at radius 2 is 2.25 bits per heavy atom. The SMILES string of the molecule is CC(C)c1nnc([C@@H]2CN(C(=O)[C@H]3C[C@@H]3c3ccco3)CCO2)o1. The van der Waals surface area contributed by atoms with Crippen LogP contribution < -0.4 is 0 Å². The minimum Gasteiger partial charge on any atom is -0.469 e. The van der Waals surface area contributed by atoms with Gasteiger partial charge in [0.15, 0.2) is 6.10 Å². The van der Waals surface area contributed by atoms with Gasteiger partial charge in [0, 0.05) is 24.3 Å². The Balaban J connectivity index is 1.40. The summed E-state index contributed by atoms with van der Waals surface area (Å²) < 4.78 is 16.8. The van der Waals surface area contributed by atoms with E-state index in [2.05, 4.69) is 10.2 Å². The minimum absolute atomic E-state index is 0.0174. The third-order valence-corrected chi connectivity index (χ3v) is 4.62. The number of amides is 1. The molecule has 0 aromatic carbocycles. The van der Waals surface area contributed by atoms with E-state index in [1.54, 1.807) is 6.26 Å². The first-order valence-corrected chi connectivity index (χ1v) is 8.40. The normalized spacial score (nSPS) is 26.8. The lowest BCUT2D eigenvalue weighted by Gasteiger charge is -2.31. The van der Waals surface area contributed by atoms with Gasteiger partial charge in [0.05, 0.1) is 19.4 Å². The van der Waals surface area contributed by atoms with Crippen molar-refractivity contribution in [1.82, 2.24) is 15.1 Å². The Hall–Kier alpha value is -2.15. The van der Waals surface area contributed by atoms with E-state index in [1.165, 1.54) is 0 Å². The molecule has 1 aliphatic heterocycles. The molecule has 1 amide bonds. The smallest absolute Gasteiger partial charge is 0.247 e. The van der Waals surface area contributed by atoms with Gasteiger partial charge in [-0.1, -0.05) is 13.8 Å². The van der Waals surface area contributed by atoms with Crippen LogP contribution in [0.4, 0.5) is 0 Å². The summed E-state index contributed by atoms with van der Waals surface area (Å²) >= 11 is 0. The van der Waals surface area contributed by atoms with Crippen molar-refractivity contribution in [2.45, 2.75) is 38.2 Å². The number of nitrogens with zero attached hydrogens (tertiary/aromatic N) is 3. The van der Waals surface area contributed by atoms with Gasteiger partial charge in [0.2, 0.25) is 17.7 Å². The maximum Gasteiger partial charge on any atom is 0.247 e. The van der Waals surface area contributed by atoms with Gasteiger partial charge in [-0.3, -0.25) is 4.79 Å². The molecule has 2 aliphatic rings. The molecule has 0 unspecified atom stereocenters. The highest BCUT2D eigenvalue weighted by Gasteiger charge is 2.48. The molecule has 0 bridgehead atoms. The van der Waals surface area contributed by atoms with Gasteiger partial charge in [-0.05, 0) is 18.6 Å². The van der Waals surface area contributed by atoms with Crippen molar-refractivity contribution >= 4 is 5.91 Å². The molecule has 0 N–H and O–H groups in total. The van der Waals surface area contributed by atoms with E-state index in [4.69, 9.17) is 13.6 Å². The number of furan rings is 1. The summed E-state index contributed by atoms with van der Waals surface area (Å²) in [5.74, 6) is 2.51. The van der Waals surface area contributed by atoms with Crippen LogP contribution in [0.1, 0.15) is 55.7 Å². The number of hydrogen-bond acceptors (Lipinski definition) is 6. The van der Waals surface area contributed by atoms with Gasteiger partial charge in [0.25, 0.3) is 0 Å². The monoisotopic (exact) mass is 331 g/mol. The number of carbonyl (C=O) groups is 1. The molecule has 128 valence electrons. The van der Waals surface area contributed by atoms with Gasteiger partial charge in [-0.2, -0.15) is 0 Å². The van der Waals surface area contributed by atoms with Crippen LogP contribution in [0, 0.1) is 5.92 Å². The van der Waals surface area contributed by atoms with E-state index < -0.39 is 0 Å². The Labute approximate surface area is 140 Å². The van der Waals surface area contributed by atoms with Crippen molar-refractivity contribution < 1.29 is 18.4 Å². The molecule has 2 fully saturated rings.